The van der Waals surface area contributed by atoms with Crippen molar-refractivity contribution in [2.24, 2.45) is 32.9 Å². The summed E-state index contributed by atoms with van der Waals surface area (Å²) in [5.74, 6) is -1.10. The molecule has 0 radical (unpaired) electrons. The Kier molecular flexibility index (Phi) is 7.95. The first kappa shape index (κ1) is 26.5. The molecule has 0 saturated carbocycles. The van der Waals surface area contributed by atoms with Gasteiger partial charge < -0.3 is 48.9 Å². The van der Waals surface area contributed by atoms with Gasteiger partial charge in [0.05, 0.1) is 24.3 Å². The Hall–Kier alpha value is -5.53. The summed E-state index contributed by atoms with van der Waals surface area (Å²) in [6.07, 6.45) is 0. The van der Waals surface area contributed by atoms with Gasteiger partial charge in [-0.15, -0.1) is 0 Å². The van der Waals surface area contributed by atoms with Crippen LogP contribution in [0.1, 0.15) is 31.3 Å². The van der Waals surface area contributed by atoms with Crippen LogP contribution in [0.3, 0.4) is 0 Å². The summed E-state index contributed by atoms with van der Waals surface area (Å²) in [5.41, 5.74) is 24.0. The highest BCUT2D eigenvalue weighted by Crippen LogP contribution is 2.25. The molecular weight excluding hydrogens is 502 g/mol. The first-order chi connectivity index (χ1) is 18.7. The zero-order valence-electron chi connectivity index (χ0n) is 20.9. The maximum Gasteiger partial charge on any atom is 0.272 e. The van der Waals surface area contributed by atoms with Gasteiger partial charge in [0.2, 0.25) is 0 Å². The Labute approximate surface area is 222 Å². The SMILES string of the molecule is NC(N)=NCCNC(=O)c1ccc2[nH]c(C(=O)Nc3cccc4cc(C(=O)NCCN=C(N)N)[nH]c34)cc2c1. The monoisotopic (exact) mass is 531 g/mol. The zero-order valence-corrected chi connectivity index (χ0v) is 20.9. The second-order valence-electron chi connectivity index (χ2n) is 8.52. The Morgan fingerprint density at radius 3 is 2.05 bits per heavy atom. The highest BCUT2D eigenvalue weighted by molar-refractivity contribution is 6.11. The molecule has 2 aromatic carbocycles. The summed E-state index contributed by atoms with van der Waals surface area (Å²) in [6, 6.07) is 13.7. The second-order valence-corrected chi connectivity index (χ2v) is 8.52. The van der Waals surface area contributed by atoms with Crippen LogP contribution < -0.4 is 38.9 Å². The van der Waals surface area contributed by atoms with Crippen molar-refractivity contribution in [3.8, 4) is 0 Å². The third-order valence-corrected chi connectivity index (χ3v) is 5.66. The molecule has 0 saturated heterocycles. The van der Waals surface area contributed by atoms with Crippen LogP contribution in [0.5, 0.6) is 0 Å². The first-order valence-corrected chi connectivity index (χ1v) is 11.9. The molecule has 0 bridgehead atoms. The quantitative estimate of drug-likeness (QED) is 0.0763. The van der Waals surface area contributed by atoms with Crippen molar-refractivity contribution in [2.75, 3.05) is 31.5 Å². The fourth-order valence-electron chi connectivity index (χ4n) is 3.87. The van der Waals surface area contributed by atoms with Crippen LogP contribution in [0.15, 0.2) is 58.5 Å². The summed E-state index contributed by atoms with van der Waals surface area (Å²) < 4.78 is 0. The number of nitrogens with one attached hydrogen (secondary N) is 5. The highest BCUT2D eigenvalue weighted by atomic mass is 16.2. The average Bonchev–Trinajstić information content (AvgIpc) is 3.53. The number of anilines is 1. The van der Waals surface area contributed by atoms with Gasteiger partial charge >= 0.3 is 0 Å². The third-order valence-electron chi connectivity index (χ3n) is 5.66. The normalized spacial score (nSPS) is 10.7. The minimum Gasteiger partial charge on any atom is -0.370 e. The molecule has 0 spiro atoms. The maximum atomic E-state index is 13.1. The van der Waals surface area contributed by atoms with E-state index in [4.69, 9.17) is 22.9 Å². The molecule has 0 unspecified atom stereocenters. The summed E-state index contributed by atoms with van der Waals surface area (Å²) in [4.78, 5) is 51.8. The number of benzene rings is 2. The Bertz CT molecular complexity index is 1590. The maximum absolute atomic E-state index is 13.1. The number of aromatic amines is 2. The molecule has 0 fully saturated rings. The van der Waals surface area contributed by atoms with E-state index in [9.17, 15) is 14.4 Å². The molecule has 4 rings (SSSR count). The van der Waals surface area contributed by atoms with Crippen LogP contribution in [-0.4, -0.2) is 65.8 Å². The van der Waals surface area contributed by atoms with E-state index >= 15 is 0 Å². The molecule has 0 atom stereocenters. The van der Waals surface area contributed by atoms with E-state index in [0.717, 1.165) is 5.39 Å². The van der Waals surface area contributed by atoms with Crippen LogP contribution in [0.25, 0.3) is 21.8 Å². The molecule has 14 heteroatoms. The Morgan fingerprint density at radius 1 is 0.718 bits per heavy atom. The number of carbonyl (C=O) groups excluding carboxylic acids is 3. The number of para-hydroxylation sites is 1. The van der Waals surface area contributed by atoms with Crippen molar-refractivity contribution in [2.45, 2.75) is 0 Å². The lowest BCUT2D eigenvalue weighted by Crippen LogP contribution is -2.28. The fraction of sp³-hybridized carbons (Fsp3) is 0.160. The number of hydrogen-bond donors (Lipinski definition) is 9. The summed E-state index contributed by atoms with van der Waals surface area (Å²) in [6.45, 7) is 1.06. The number of amides is 3. The Balaban J connectivity index is 1.45. The van der Waals surface area contributed by atoms with Gasteiger partial charge in [0.1, 0.15) is 11.4 Å². The van der Waals surface area contributed by atoms with Gasteiger partial charge in [0.15, 0.2) is 11.9 Å². The molecule has 13 N–H and O–H groups in total. The zero-order chi connectivity index (χ0) is 27.9. The van der Waals surface area contributed by atoms with Crippen LogP contribution in [0, 0.1) is 0 Å². The van der Waals surface area contributed by atoms with Gasteiger partial charge in [-0.3, -0.25) is 24.4 Å². The van der Waals surface area contributed by atoms with E-state index in [0.29, 0.717) is 39.1 Å². The smallest absolute Gasteiger partial charge is 0.272 e. The van der Waals surface area contributed by atoms with Crippen LogP contribution >= 0.6 is 0 Å². The number of aromatic nitrogens is 2. The van der Waals surface area contributed by atoms with Crippen molar-refractivity contribution < 1.29 is 14.4 Å². The lowest BCUT2D eigenvalue weighted by atomic mass is 10.1. The molecule has 3 amide bonds. The highest BCUT2D eigenvalue weighted by Gasteiger charge is 2.16. The number of aliphatic imine (C=N–C) groups is 2. The molecule has 14 nitrogen and oxygen atoms in total. The number of nitrogens with two attached hydrogens (primary N) is 4. The van der Waals surface area contributed by atoms with E-state index in [1.165, 1.54) is 0 Å². The number of carbonyl (C=O) groups is 3. The van der Waals surface area contributed by atoms with Gasteiger partial charge in [-0.1, -0.05) is 12.1 Å². The molecule has 2 aromatic heterocycles. The van der Waals surface area contributed by atoms with Gasteiger partial charge in [-0.05, 0) is 36.4 Å². The number of fused-ring (bicyclic) bond motifs is 2. The van der Waals surface area contributed by atoms with E-state index in [1.807, 2.05) is 6.07 Å². The molecular formula is C25H29N11O3. The van der Waals surface area contributed by atoms with E-state index in [2.05, 4.69) is 35.9 Å². The van der Waals surface area contributed by atoms with Gasteiger partial charge in [0.25, 0.3) is 17.7 Å². The predicted molar refractivity (Wildman–Crippen MR) is 151 cm³/mol. The number of nitrogens with zero attached hydrogens (tertiary/aromatic N) is 2. The molecule has 4 aromatic rings. The number of hydrogen-bond acceptors (Lipinski definition) is 5. The lowest BCUT2D eigenvalue weighted by Gasteiger charge is -2.05. The Morgan fingerprint density at radius 2 is 1.36 bits per heavy atom. The largest absolute Gasteiger partial charge is 0.370 e. The molecule has 0 aliphatic rings. The molecule has 0 aliphatic carbocycles. The minimum atomic E-state index is -0.389. The molecule has 2 heterocycles. The molecule has 39 heavy (non-hydrogen) atoms. The predicted octanol–water partition coefficient (Wildman–Crippen LogP) is -0.0921. The lowest BCUT2D eigenvalue weighted by molar-refractivity contribution is 0.0944. The summed E-state index contributed by atoms with van der Waals surface area (Å²) >= 11 is 0. The van der Waals surface area contributed by atoms with Crippen molar-refractivity contribution in [3.63, 3.8) is 0 Å². The molecule has 202 valence electrons. The van der Waals surface area contributed by atoms with Crippen LogP contribution in [0.4, 0.5) is 5.69 Å². The first-order valence-electron chi connectivity index (χ1n) is 11.9. The van der Waals surface area contributed by atoms with E-state index in [1.54, 1.807) is 42.5 Å². The topological polar surface area (TPSA) is 248 Å². The average molecular weight is 532 g/mol. The van der Waals surface area contributed by atoms with Crippen molar-refractivity contribution >= 4 is 57.1 Å². The summed E-state index contributed by atoms with van der Waals surface area (Å²) in [5, 5.41) is 9.76. The fourth-order valence-corrected chi connectivity index (χ4v) is 3.87. The van der Waals surface area contributed by atoms with Crippen molar-refractivity contribution in [3.05, 3.63) is 65.5 Å². The second kappa shape index (κ2) is 11.7. The number of guanidine groups is 2. The van der Waals surface area contributed by atoms with Crippen molar-refractivity contribution in [1.29, 1.82) is 0 Å². The van der Waals surface area contributed by atoms with Gasteiger partial charge in [-0.2, -0.15) is 0 Å². The van der Waals surface area contributed by atoms with Gasteiger partial charge in [-0.25, -0.2) is 0 Å². The van der Waals surface area contributed by atoms with E-state index in [-0.39, 0.29) is 55.8 Å². The van der Waals surface area contributed by atoms with Gasteiger partial charge in [0, 0.05) is 34.9 Å². The van der Waals surface area contributed by atoms with E-state index < -0.39 is 0 Å². The van der Waals surface area contributed by atoms with Crippen LogP contribution in [0.2, 0.25) is 0 Å². The minimum absolute atomic E-state index is 0.0433. The third kappa shape index (κ3) is 6.62. The number of H-pyrrole nitrogens is 2. The molecule has 0 aliphatic heterocycles. The summed E-state index contributed by atoms with van der Waals surface area (Å²) in [7, 11) is 0. The van der Waals surface area contributed by atoms with Crippen LogP contribution in [-0.2, 0) is 0 Å². The number of rotatable bonds is 10. The van der Waals surface area contributed by atoms with Crippen molar-refractivity contribution in [1.82, 2.24) is 20.6 Å². The standard InChI is InChI=1S/C25H29N11O3/c26-24(27)32-8-6-30-21(37)14-4-5-16-15(10-14)12-19(34-16)23(39)36-17-3-1-2-13-11-18(35-20(13)17)22(38)31-7-9-33-25(28)29/h1-5,10-12,34-35H,6-9H2,(H,30,37)(H,31,38)(H,36,39)(H4,26,27,32)(H4,28,29,33).